The Balaban J connectivity index is 2.18. The van der Waals surface area contributed by atoms with E-state index in [1.165, 1.54) is 0 Å². The molecule has 5 aromatic rings. The van der Waals surface area contributed by atoms with Crippen molar-refractivity contribution in [2.75, 3.05) is 0 Å². The first kappa shape index (κ1) is 10.7. The Morgan fingerprint density at radius 3 is 1.90 bits per heavy atom. The summed E-state index contributed by atoms with van der Waals surface area (Å²) in [6.45, 7) is 0. The number of hydrogen-bond acceptors (Lipinski definition) is 4. The Bertz CT molecular complexity index is 1140. The maximum atomic E-state index is 4.79. The van der Waals surface area contributed by atoms with Crippen molar-refractivity contribution in [1.29, 1.82) is 0 Å². The molecule has 21 heavy (non-hydrogen) atoms. The SMILES string of the molecule is c1ccc2nc3c(nc2c1)c1ccccc1c1n[nH]nc13. The van der Waals surface area contributed by atoms with Gasteiger partial charge in [-0.15, -0.1) is 0 Å². The van der Waals surface area contributed by atoms with Crippen molar-refractivity contribution in [1.82, 2.24) is 25.4 Å². The number of H-pyrrole nitrogens is 1. The van der Waals surface area contributed by atoms with Crippen molar-refractivity contribution in [2.45, 2.75) is 0 Å². The zero-order chi connectivity index (χ0) is 13.8. The van der Waals surface area contributed by atoms with Crippen LogP contribution >= 0.6 is 0 Å². The van der Waals surface area contributed by atoms with Crippen molar-refractivity contribution in [3.63, 3.8) is 0 Å². The highest BCUT2D eigenvalue weighted by atomic mass is 15.3. The summed E-state index contributed by atoms with van der Waals surface area (Å²) in [6, 6.07) is 16.0. The van der Waals surface area contributed by atoms with Crippen LogP contribution in [0.4, 0.5) is 0 Å². The van der Waals surface area contributed by atoms with Crippen molar-refractivity contribution in [3.05, 3.63) is 48.5 Å². The molecule has 2 aromatic heterocycles. The number of para-hydroxylation sites is 2. The van der Waals surface area contributed by atoms with Gasteiger partial charge in [-0.25, -0.2) is 9.97 Å². The van der Waals surface area contributed by atoms with Gasteiger partial charge in [0.15, 0.2) is 0 Å². The third-order valence-electron chi connectivity index (χ3n) is 3.78. The van der Waals surface area contributed by atoms with Crippen molar-refractivity contribution >= 4 is 43.9 Å². The van der Waals surface area contributed by atoms with Gasteiger partial charge in [0, 0.05) is 10.8 Å². The first-order valence-electron chi connectivity index (χ1n) is 6.69. The van der Waals surface area contributed by atoms with Crippen molar-refractivity contribution < 1.29 is 0 Å². The monoisotopic (exact) mass is 271 g/mol. The van der Waals surface area contributed by atoms with E-state index in [1.54, 1.807) is 0 Å². The molecular weight excluding hydrogens is 262 g/mol. The highest BCUT2D eigenvalue weighted by Gasteiger charge is 2.14. The molecule has 0 atom stereocenters. The molecule has 0 fully saturated rings. The summed E-state index contributed by atoms with van der Waals surface area (Å²) in [5.41, 5.74) is 5.01. The molecule has 98 valence electrons. The number of aromatic nitrogens is 5. The Morgan fingerprint density at radius 2 is 1.14 bits per heavy atom. The minimum atomic E-state index is 0.766. The molecule has 0 aliphatic rings. The van der Waals surface area contributed by atoms with Gasteiger partial charge in [-0.3, -0.25) is 0 Å². The van der Waals surface area contributed by atoms with Crippen LogP contribution < -0.4 is 0 Å². The average molecular weight is 271 g/mol. The number of nitrogens with one attached hydrogen (secondary N) is 1. The van der Waals surface area contributed by atoms with Crippen LogP contribution in [0.1, 0.15) is 0 Å². The second-order valence-electron chi connectivity index (χ2n) is 4.98. The topological polar surface area (TPSA) is 67.3 Å². The van der Waals surface area contributed by atoms with Crippen LogP contribution in [0.3, 0.4) is 0 Å². The molecular formula is C16H9N5. The van der Waals surface area contributed by atoms with Crippen molar-refractivity contribution in [3.8, 4) is 0 Å². The maximum absolute atomic E-state index is 4.79. The first-order valence-corrected chi connectivity index (χ1v) is 6.69. The molecule has 1 N–H and O–H groups in total. The van der Waals surface area contributed by atoms with Gasteiger partial charge in [0.2, 0.25) is 0 Å². The van der Waals surface area contributed by atoms with E-state index in [4.69, 9.17) is 9.97 Å². The van der Waals surface area contributed by atoms with Crippen LogP contribution in [0.2, 0.25) is 0 Å². The van der Waals surface area contributed by atoms with Gasteiger partial charge in [-0.05, 0) is 12.1 Å². The van der Waals surface area contributed by atoms with E-state index in [0.29, 0.717) is 0 Å². The van der Waals surface area contributed by atoms with E-state index in [1.807, 2.05) is 42.5 Å². The van der Waals surface area contributed by atoms with Crippen LogP contribution in [-0.4, -0.2) is 25.4 Å². The zero-order valence-corrected chi connectivity index (χ0v) is 10.9. The van der Waals surface area contributed by atoms with Crippen LogP contribution in [-0.2, 0) is 0 Å². The molecule has 5 heteroatoms. The number of fused-ring (bicyclic) bond motifs is 7. The Hall–Kier alpha value is -3.08. The van der Waals surface area contributed by atoms with Crippen molar-refractivity contribution in [2.24, 2.45) is 0 Å². The summed E-state index contributed by atoms with van der Waals surface area (Å²) in [6.07, 6.45) is 0. The highest BCUT2D eigenvalue weighted by Crippen LogP contribution is 2.31. The second kappa shape index (κ2) is 3.73. The number of hydrogen-bond donors (Lipinski definition) is 1. The highest BCUT2D eigenvalue weighted by molar-refractivity contribution is 6.21. The van der Waals surface area contributed by atoms with E-state index in [0.717, 1.165) is 43.9 Å². The molecule has 0 bridgehead atoms. The van der Waals surface area contributed by atoms with Gasteiger partial charge in [-0.2, -0.15) is 15.4 Å². The van der Waals surface area contributed by atoms with Crippen LogP contribution in [0.15, 0.2) is 48.5 Å². The molecule has 0 aliphatic heterocycles. The number of rotatable bonds is 0. The van der Waals surface area contributed by atoms with Crippen LogP contribution in [0, 0.1) is 0 Å². The Labute approximate surface area is 118 Å². The quantitative estimate of drug-likeness (QED) is 0.347. The zero-order valence-electron chi connectivity index (χ0n) is 10.9. The second-order valence-corrected chi connectivity index (χ2v) is 4.98. The predicted molar refractivity (Wildman–Crippen MR) is 82.0 cm³/mol. The van der Waals surface area contributed by atoms with E-state index >= 15 is 0 Å². The van der Waals surface area contributed by atoms with Gasteiger partial charge in [0.25, 0.3) is 0 Å². The van der Waals surface area contributed by atoms with Crippen LogP contribution in [0.5, 0.6) is 0 Å². The molecule has 3 aromatic carbocycles. The molecule has 0 spiro atoms. The lowest BCUT2D eigenvalue weighted by Crippen LogP contribution is -1.90. The first-order chi connectivity index (χ1) is 10.4. The minimum Gasteiger partial charge on any atom is -0.244 e. The van der Waals surface area contributed by atoms with Gasteiger partial charge in [0.1, 0.15) is 16.6 Å². The van der Waals surface area contributed by atoms with Crippen LogP contribution in [0.25, 0.3) is 43.9 Å². The summed E-state index contributed by atoms with van der Waals surface area (Å²) >= 11 is 0. The molecule has 5 nitrogen and oxygen atoms in total. The molecule has 0 aliphatic carbocycles. The molecule has 2 heterocycles. The lowest BCUT2D eigenvalue weighted by molar-refractivity contribution is 0.961. The third-order valence-corrected chi connectivity index (χ3v) is 3.78. The van der Waals surface area contributed by atoms with E-state index in [9.17, 15) is 0 Å². The summed E-state index contributed by atoms with van der Waals surface area (Å²) in [4.78, 5) is 9.53. The summed E-state index contributed by atoms with van der Waals surface area (Å²) < 4.78 is 0. The van der Waals surface area contributed by atoms with E-state index in [2.05, 4.69) is 21.5 Å². The summed E-state index contributed by atoms with van der Waals surface area (Å²) in [5.74, 6) is 0. The fourth-order valence-corrected chi connectivity index (χ4v) is 2.83. The lowest BCUT2D eigenvalue weighted by Gasteiger charge is -2.05. The fraction of sp³-hybridized carbons (Fsp3) is 0. The Morgan fingerprint density at radius 1 is 0.571 bits per heavy atom. The van der Waals surface area contributed by atoms with E-state index in [-0.39, 0.29) is 0 Å². The fourth-order valence-electron chi connectivity index (χ4n) is 2.83. The standard InChI is InChI=1S/C16H9N5/c1-2-6-10-9(5-1)13-15(16-14(10)19-21-20-16)18-12-8-4-3-7-11(12)17-13/h1-8H,(H,19,20,21). The lowest BCUT2D eigenvalue weighted by atomic mass is 10.1. The maximum Gasteiger partial charge on any atom is 0.141 e. The van der Waals surface area contributed by atoms with Gasteiger partial charge >= 0.3 is 0 Å². The normalized spacial score (nSPS) is 11.8. The number of aromatic amines is 1. The predicted octanol–water partition coefficient (Wildman–Crippen LogP) is 3.21. The largest absolute Gasteiger partial charge is 0.244 e. The summed E-state index contributed by atoms with van der Waals surface area (Å²) in [5, 5.41) is 13.3. The molecule has 0 radical (unpaired) electrons. The Kier molecular flexibility index (Phi) is 1.90. The van der Waals surface area contributed by atoms with Gasteiger partial charge < -0.3 is 0 Å². The summed E-state index contributed by atoms with van der Waals surface area (Å²) in [7, 11) is 0. The molecule has 0 amide bonds. The average Bonchev–Trinajstić information content (AvgIpc) is 3.03. The van der Waals surface area contributed by atoms with Gasteiger partial charge in [0.05, 0.1) is 16.6 Å². The van der Waals surface area contributed by atoms with E-state index < -0.39 is 0 Å². The minimum absolute atomic E-state index is 0.766. The molecule has 0 saturated heterocycles. The molecule has 0 saturated carbocycles. The number of benzene rings is 3. The molecule has 5 rings (SSSR count). The third kappa shape index (κ3) is 1.34. The smallest absolute Gasteiger partial charge is 0.141 e. The van der Waals surface area contributed by atoms with Gasteiger partial charge in [-0.1, -0.05) is 36.4 Å². The molecule has 0 unspecified atom stereocenters. The number of nitrogens with zero attached hydrogens (tertiary/aromatic N) is 4.